The molecule has 4 nitrogen and oxygen atoms in total. The van der Waals surface area contributed by atoms with Crippen molar-refractivity contribution in [2.75, 3.05) is 26.2 Å². The van der Waals surface area contributed by atoms with Crippen LogP contribution in [-0.2, 0) is 0 Å². The molecule has 2 heterocycles. The smallest absolute Gasteiger partial charge is 0.243 e. The Bertz CT molecular complexity index is 195. The topological polar surface area (TPSA) is 50.4 Å². The summed E-state index contributed by atoms with van der Waals surface area (Å²) in [5.41, 5.74) is 0. The monoisotopic (exact) mass is 167 g/mol. The maximum Gasteiger partial charge on any atom is 0.243 e. The second kappa shape index (κ2) is 3.56. The number of hydrogen-bond donors (Lipinski definition) is 3. The molecule has 0 spiro atoms. The zero-order valence-corrected chi connectivity index (χ0v) is 7.19. The lowest BCUT2D eigenvalue weighted by Crippen LogP contribution is -2.70. The Morgan fingerprint density at radius 1 is 1.25 bits per heavy atom. The molecule has 3 N–H and O–H groups in total. The summed E-state index contributed by atoms with van der Waals surface area (Å²) in [7, 11) is 0. The van der Waals surface area contributed by atoms with Crippen LogP contribution >= 0.6 is 0 Å². The van der Waals surface area contributed by atoms with Crippen LogP contribution in [0.25, 0.3) is 0 Å². The van der Waals surface area contributed by atoms with Crippen molar-refractivity contribution in [2.45, 2.75) is 12.8 Å². The Morgan fingerprint density at radius 3 is 2.92 bits per heavy atom. The van der Waals surface area contributed by atoms with Gasteiger partial charge in [-0.25, -0.2) is 0 Å². The van der Waals surface area contributed by atoms with E-state index in [1.165, 1.54) is 5.84 Å². The number of amidine groups is 2. The number of hydrogen-bond acceptors (Lipinski definition) is 3. The SMILES string of the molecule is C1CNC(CCC2=[NH+]CCN2)=N1. The summed E-state index contributed by atoms with van der Waals surface area (Å²) >= 11 is 0. The summed E-state index contributed by atoms with van der Waals surface area (Å²) < 4.78 is 0. The first-order valence-corrected chi connectivity index (χ1v) is 4.56. The summed E-state index contributed by atoms with van der Waals surface area (Å²) in [6, 6.07) is 0. The third-order valence-corrected chi connectivity index (χ3v) is 2.16. The van der Waals surface area contributed by atoms with E-state index in [0.29, 0.717) is 0 Å². The van der Waals surface area contributed by atoms with E-state index in [0.717, 1.165) is 44.9 Å². The molecule has 0 saturated carbocycles. The van der Waals surface area contributed by atoms with Crippen molar-refractivity contribution in [3.05, 3.63) is 0 Å². The van der Waals surface area contributed by atoms with E-state index in [-0.39, 0.29) is 0 Å². The highest BCUT2D eigenvalue weighted by Crippen LogP contribution is 1.95. The molecular formula is C8H15N4+. The maximum absolute atomic E-state index is 4.33. The second-order valence-corrected chi connectivity index (χ2v) is 3.09. The van der Waals surface area contributed by atoms with E-state index < -0.39 is 0 Å². The molecule has 0 aromatic rings. The molecule has 4 heteroatoms. The average molecular weight is 167 g/mol. The number of rotatable bonds is 3. The van der Waals surface area contributed by atoms with E-state index in [2.05, 4.69) is 20.6 Å². The fourth-order valence-corrected chi connectivity index (χ4v) is 1.52. The summed E-state index contributed by atoms with van der Waals surface area (Å²) in [5, 5.41) is 6.56. The van der Waals surface area contributed by atoms with Gasteiger partial charge in [0.05, 0.1) is 18.8 Å². The van der Waals surface area contributed by atoms with E-state index in [1.807, 2.05) is 0 Å². The molecule has 0 aliphatic carbocycles. The Kier molecular flexibility index (Phi) is 2.25. The third-order valence-electron chi connectivity index (χ3n) is 2.16. The van der Waals surface area contributed by atoms with Crippen LogP contribution in [0.5, 0.6) is 0 Å². The first-order valence-electron chi connectivity index (χ1n) is 4.56. The van der Waals surface area contributed by atoms with Gasteiger partial charge in [0, 0.05) is 13.0 Å². The standard InChI is InChI=1S/C8H14N4/c1(7-9-3-4-10-7)2-8-11-5-6-12-8/h1-6H2,(H,9,10)(H,11,12)/p+1. The highest BCUT2D eigenvalue weighted by molar-refractivity contribution is 5.88. The first kappa shape index (κ1) is 7.58. The Labute approximate surface area is 72.2 Å². The fourth-order valence-electron chi connectivity index (χ4n) is 1.52. The van der Waals surface area contributed by atoms with Gasteiger partial charge in [0.1, 0.15) is 13.1 Å². The van der Waals surface area contributed by atoms with Crippen LogP contribution in [0.1, 0.15) is 12.8 Å². The van der Waals surface area contributed by atoms with Gasteiger partial charge in [0.25, 0.3) is 0 Å². The number of nitrogens with zero attached hydrogens (tertiary/aromatic N) is 1. The van der Waals surface area contributed by atoms with E-state index in [1.54, 1.807) is 0 Å². The molecule has 0 amide bonds. The largest absolute Gasteiger partial charge is 0.372 e. The molecule has 0 fully saturated rings. The van der Waals surface area contributed by atoms with Crippen molar-refractivity contribution >= 4 is 11.7 Å². The van der Waals surface area contributed by atoms with E-state index >= 15 is 0 Å². The number of nitrogens with one attached hydrogen (secondary N) is 3. The van der Waals surface area contributed by atoms with Gasteiger partial charge >= 0.3 is 0 Å². The minimum atomic E-state index is 0.950. The predicted molar refractivity (Wildman–Crippen MR) is 48.4 cm³/mol. The maximum atomic E-state index is 4.33. The quantitative estimate of drug-likeness (QED) is 0.449. The molecule has 0 unspecified atom stereocenters. The van der Waals surface area contributed by atoms with Crippen molar-refractivity contribution in [3.63, 3.8) is 0 Å². The van der Waals surface area contributed by atoms with Crippen LogP contribution in [0.2, 0.25) is 0 Å². The minimum absolute atomic E-state index is 0.950. The van der Waals surface area contributed by atoms with Gasteiger partial charge in [-0.3, -0.25) is 15.3 Å². The summed E-state index contributed by atoms with van der Waals surface area (Å²) in [4.78, 5) is 7.64. The molecule has 2 aliphatic heterocycles. The Hall–Kier alpha value is -1.06. The average Bonchev–Trinajstić information content (AvgIpc) is 2.74. The fraction of sp³-hybridized carbons (Fsp3) is 0.750. The molecular weight excluding hydrogens is 152 g/mol. The normalized spacial score (nSPS) is 21.3. The highest BCUT2D eigenvalue weighted by atomic mass is 15.1. The molecule has 0 saturated heterocycles. The molecule has 0 aromatic carbocycles. The van der Waals surface area contributed by atoms with Crippen LogP contribution in [0.15, 0.2) is 4.99 Å². The van der Waals surface area contributed by atoms with Gasteiger partial charge in [0.2, 0.25) is 5.84 Å². The van der Waals surface area contributed by atoms with Crippen molar-refractivity contribution in [1.82, 2.24) is 10.6 Å². The lowest BCUT2D eigenvalue weighted by molar-refractivity contribution is -0.445. The van der Waals surface area contributed by atoms with E-state index in [4.69, 9.17) is 0 Å². The van der Waals surface area contributed by atoms with Crippen molar-refractivity contribution in [3.8, 4) is 0 Å². The summed E-state index contributed by atoms with van der Waals surface area (Å²) in [5.74, 6) is 2.43. The Morgan fingerprint density at radius 2 is 2.25 bits per heavy atom. The molecule has 2 aliphatic rings. The summed E-state index contributed by atoms with van der Waals surface area (Å²) in [6.07, 6.45) is 2.10. The lowest BCUT2D eigenvalue weighted by atomic mass is 10.3. The van der Waals surface area contributed by atoms with Gasteiger partial charge in [-0.1, -0.05) is 0 Å². The molecule has 0 aromatic heterocycles. The van der Waals surface area contributed by atoms with Crippen LogP contribution < -0.4 is 15.6 Å². The second-order valence-electron chi connectivity index (χ2n) is 3.09. The van der Waals surface area contributed by atoms with Gasteiger partial charge < -0.3 is 5.32 Å². The highest BCUT2D eigenvalue weighted by Gasteiger charge is 2.13. The molecule has 2 rings (SSSR count). The van der Waals surface area contributed by atoms with Crippen LogP contribution in [0, 0.1) is 0 Å². The number of aliphatic imine (C=N–C) groups is 1. The van der Waals surface area contributed by atoms with Crippen LogP contribution in [-0.4, -0.2) is 37.9 Å². The van der Waals surface area contributed by atoms with Crippen molar-refractivity contribution < 1.29 is 4.99 Å². The zero-order valence-electron chi connectivity index (χ0n) is 7.19. The summed E-state index contributed by atoms with van der Waals surface area (Å²) in [6.45, 7) is 4.10. The van der Waals surface area contributed by atoms with Crippen molar-refractivity contribution in [1.29, 1.82) is 0 Å². The van der Waals surface area contributed by atoms with Crippen LogP contribution in [0.4, 0.5) is 0 Å². The molecule has 0 atom stereocenters. The minimum Gasteiger partial charge on any atom is -0.372 e. The van der Waals surface area contributed by atoms with Crippen LogP contribution in [0.3, 0.4) is 0 Å². The van der Waals surface area contributed by atoms with E-state index in [9.17, 15) is 0 Å². The van der Waals surface area contributed by atoms with Gasteiger partial charge in [-0.05, 0) is 0 Å². The third kappa shape index (κ3) is 1.75. The predicted octanol–water partition coefficient (Wildman–Crippen LogP) is -2.15. The first-order chi connectivity index (χ1) is 5.95. The van der Waals surface area contributed by atoms with Gasteiger partial charge in [-0.15, -0.1) is 0 Å². The molecule has 12 heavy (non-hydrogen) atoms. The zero-order chi connectivity index (χ0) is 8.23. The Balaban J connectivity index is 1.74. The van der Waals surface area contributed by atoms with Gasteiger partial charge in [0.15, 0.2) is 0 Å². The molecule has 66 valence electrons. The lowest BCUT2D eigenvalue weighted by Gasteiger charge is -1.98. The molecule has 0 bridgehead atoms. The van der Waals surface area contributed by atoms with Gasteiger partial charge in [-0.2, -0.15) is 0 Å². The van der Waals surface area contributed by atoms with Crippen molar-refractivity contribution in [2.24, 2.45) is 4.99 Å². The molecule has 0 radical (unpaired) electrons.